The van der Waals surface area contributed by atoms with Crippen LogP contribution in [0.25, 0.3) is 27.6 Å². The van der Waals surface area contributed by atoms with Gasteiger partial charge in [-0.3, -0.25) is 14.4 Å². The fraction of sp³-hybridized carbons (Fsp3) is 0.100. The van der Waals surface area contributed by atoms with Gasteiger partial charge in [-0.1, -0.05) is 6.07 Å². The van der Waals surface area contributed by atoms with Crippen LogP contribution < -0.4 is 5.32 Å². The van der Waals surface area contributed by atoms with E-state index in [0.29, 0.717) is 0 Å². The van der Waals surface area contributed by atoms with Crippen LogP contribution in [-0.4, -0.2) is 24.3 Å². The fourth-order valence-electron chi connectivity index (χ4n) is 3.44. The third kappa shape index (κ3) is 2.27. The normalized spacial score (nSPS) is 11.5. The number of hydrogen-bond donors (Lipinski definition) is 1. The second kappa shape index (κ2) is 5.49. The van der Waals surface area contributed by atoms with Gasteiger partial charge in [0.15, 0.2) is 11.5 Å². The summed E-state index contributed by atoms with van der Waals surface area (Å²) in [5, 5.41) is 4.46. The van der Waals surface area contributed by atoms with E-state index in [9.17, 15) is 0 Å². The van der Waals surface area contributed by atoms with Crippen molar-refractivity contribution in [2.45, 2.75) is 13.8 Å². The predicted molar refractivity (Wildman–Crippen MR) is 103 cm³/mol. The van der Waals surface area contributed by atoms with E-state index < -0.39 is 0 Å². The summed E-state index contributed by atoms with van der Waals surface area (Å²) >= 11 is 0. The van der Waals surface area contributed by atoms with Gasteiger partial charge in [-0.25, -0.2) is 9.97 Å². The van der Waals surface area contributed by atoms with Crippen LogP contribution in [0.5, 0.6) is 0 Å². The summed E-state index contributed by atoms with van der Waals surface area (Å²) in [5.41, 5.74) is 6.82. The molecule has 0 bridgehead atoms. The van der Waals surface area contributed by atoms with Crippen LogP contribution in [0.4, 0.5) is 11.5 Å². The summed E-state index contributed by atoms with van der Waals surface area (Å²) in [6.07, 6.45) is 8.96. The number of anilines is 2. The number of hydrogen-bond acceptors (Lipinski definition) is 5. The largest absolute Gasteiger partial charge is 0.338 e. The predicted octanol–water partition coefficient (Wildman–Crippen LogP) is 4.19. The van der Waals surface area contributed by atoms with E-state index in [1.54, 1.807) is 24.8 Å². The molecule has 6 heteroatoms. The summed E-state index contributed by atoms with van der Waals surface area (Å²) in [4.78, 5) is 18.0. The van der Waals surface area contributed by atoms with Crippen molar-refractivity contribution in [2.75, 3.05) is 5.32 Å². The van der Waals surface area contributed by atoms with Crippen molar-refractivity contribution in [2.24, 2.45) is 0 Å². The first-order valence-electron chi connectivity index (χ1n) is 8.40. The van der Waals surface area contributed by atoms with Gasteiger partial charge in [0.25, 0.3) is 0 Å². The molecule has 0 saturated carbocycles. The molecule has 0 radical (unpaired) electrons. The van der Waals surface area contributed by atoms with Gasteiger partial charge < -0.3 is 5.32 Å². The van der Waals surface area contributed by atoms with Crippen LogP contribution >= 0.6 is 0 Å². The van der Waals surface area contributed by atoms with Crippen molar-refractivity contribution in [1.29, 1.82) is 0 Å². The zero-order valence-corrected chi connectivity index (χ0v) is 14.4. The summed E-state index contributed by atoms with van der Waals surface area (Å²) in [6, 6.07) is 8.32. The number of benzene rings is 1. The Balaban J connectivity index is 1.84. The standard InChI is InChI=1S/C20H16N6/c1-12-7-13(2)9-14(8-12)23-20-19-18(15-3-4-21-10-16(15)24-20)25-17-11-22-5-6-26(17)19/h3-11H,1-2H3,(H,23,24). The Morgan fingerprint density at radius 2 is 1.73 bits per heavy atom. The van der Waals surface area contributed by atoms with E-state index in [-0.39, 0.29) is 0 Å². The Morgan fingerprint density at radius 3 is 2.58 bits per heavy atom. The van der Waals surface area contributed by atoms with Gasteiger partial charge in [-0.15, -0.1) is 0 Å². The molecule has 1 aromatic carbocycles. The van der Waals surface area contributed by atoms with Crippen molar-refractivity contribution in [1.82, 2.24) is 24.3 Å². The van der Waals surface area contributed by atoms with Crippen molar-refractivity contribution in [3.63, 3.8) is 0 Å². The molecule has 0 spiro atoms. The van der Waals surface area contributed by atoms with Crippen LogP contribution in [0, 0.1) is 13.8 Å². The summed E-state index contributed by atoms with van der Waals surface area (Å²) < 4.78 is 2.01. The van der Waals surface area contributed by atoms with Gasteiger partial charge >= 0.3 is 0 Å². The van der Waals surface area contributed by atoms with Gasteiger partial charge in [0.1, 0.15) is 11.0 Å². The maximum Gasteiger partial charge on any atom is 0.157 e. The first-order chi connectivity index (χ1) is 12.7. The van der Waals surface area contributed by atoms with Crippen molar-refractivity contribution >= 4 is 39.1 Å². The first-order valence-corrected chi connectivity index (χ1v) is 8.40. The Morgan fingerprint density at radius 1 is 0.923 bits per heavy atom. The Hall–Kier alpha value is -3.54. The molecule has 0 atom stereocenters. The number of aromatic nitrogens is 5. The fourth-order valence-corrected chi connectivity index (χ4v) is 3.44. The third-order valence-electron chi connectivity index (χ3n) is 4.43. The molecule has 6 nitrogen and oxygen atoms in total. The molecule has 0 aliphatic heterocycles. The monoisotopic (exact) mass is 340 g/mol. The Kier molecular flexibility index (Phi) is 3.12. The number of fused-ring (bicyclic) bond motifs is 5. The summed E-state index contributed by atoms with van der Waals surface area (Å²) in [6.45, 7) is 4.18. The van der Waals surface area contributed by atoms with E-state index in [1.165, 1.54) is 11.1 Å². The third-order valence-corrected chi connectivity index (χ3v) is 4.43. The molecule has 4 aromatic heterocycles. The Labute approximate surface area is 149 Å². The molecule has 5 aromatic rings. The minimum absolute atomic E-state index is 0.754. The molecule has 4 heterocycles. The number of rotatable bonds is 2. The van der Waals surface area contributed by atoms with Gasteiger partial charge in [0.05, 0.1) is 17.9 Å². The Bertz CT molecular complexity index is 1270. The second-order valence-electron chi connectivity index (χ2n) is 6.47. The number of nitrogens with one attached hydrogen (secondary N) is 1. The maximum absolute atomic E-state index is 4.83. The number of pyridine rings is 2. The molecule has 0 saturated heterocycles. The van der Waals surface area contributed by atoms with Crippen LogP contribution in [0.3, 0.4) is 0 Å². The van der Waals surface area contributed by atoms with Crippen molar-refractivity contribution in [3.05, 3.63) is 66.4 Å². The van der Waals surface area contributed by atoms with Crippen molar-refractivity contribution in [3.8, 4) is 0 Å². The average Bonchev–Trinajstić information content (AvgIpc) is 3.01. The van der Waals surface area contributed by atoms with E-state index in [4.69, 9.17) is 9.97 Å². The average molecular weight is 340 g/mol. The SMILES string of the molecule is Cc1cc(C)cc(Nc2nc3cnccc3c3nc4cnccn4c23)c1. The van der Waals surface area contributed by atoms with Crippen LogP contribution in [0.1, 0.15) is 11.1 Å². The van der Waals surface area contributed by atoms with Gasteiger partial charge in [0.2, 0.25) is 0 Å². The van der Waals surface area contributed by atoms with E-state index in [1.807, 2.05) is 16.7 Å². The van der Waals surface area contributed by atoms with E-state index in [0.717, 1.165) is 39.1 Å². The van der Waals surface area contributed by atoms with Gasteiger partial charge in [-0.2, -0.15) is 0 Å². The van der Waals surface area contributed by atoms with Gasteiger partial charge in [0, 0.05) is 29.7 Å². The highest BCUT2D eigenvalue weighted by atomic mass is 15.1. The zero-order valence-electron chi connectivity index (χ0n) is 14.4. The molecule has 0 aliphatic carbocycles. The lowest BCUT2D eigenvalue weighted by Gasteiger charge is -2.11. The molecular formula is C20H16N6. The van der Waals surface area contributed by atoms with Crippen LogP contribution in [0.2, 0.25) is 0 Å². The molecule has 26 heavy (non-hydrogen) atoms. The van der Waals surface area contributed by atoms with Crippen molar-refractivity contribution < 1.29 is 0 Å². The summed E-state index contributed by atoms with van der Waals surface area (Å²) in [5.74, 6) is 0.754. The highest BCUT2D eigenvalue weighted by Crippen LogP contribution is 2.31. The molecule has 126 valence electrons. The smallest absolute Gasteiger partial charge is 0.157 e. The summed E-state index contributed by atoms with van der Waals surface area (Å²) in [7, 11) is 0. The number of aryl methyl sites for hydroxylation is 2. The minimum atomic E-state index is 0.754. The second-order valence-corrected chi connectivity index (χ2v) is 6.47. The molecule has 5 rings (SSSR count). The zero-order chi connectivity index (χ0) is 17.7. The highest BCUT2D eigenvalue weighted by molar-refractivity contribution is 6.08. The minimum Gasteiger partial charge on any atom is -0.338 e. The highest BCUT2D eigenvalue weighted by Gasteiger charge is 2.15. The molecule has 1 N–H and O–H groups in total. The van der Waals surface area contributed by atoms with Gasteiger partial charge in [-0.05, 0) is 43.2 Å². The van der Waals surface area contributed by atoms with Crippen LogP contribution in [-0.2, 0) is 0 Å². The maximum atomic E-state index is 4.83. The first kappa shape index (κ1) is 14.8. The van der Waals surface area contributed by atoms with E-state index >= 15 is 0 Å². The molecule has 0 fully saturated rings. The quantitative estimate of drug-likeness (QED) is 0.522. The molecule has 0 unspecified atom stereocenters. The molecular weight excluding hydrogens is 324 g/mol. The lowest BCUT2D eigenvalue weighted by atomic mass is 10.1. The molecule has 0 aliphatic rings. The number of nitrogens with zero attached hydrogens (tertiary/aromatic N) is 5. The lowest BCUT2D eigenvalue weighted by Crippen LogP contribution is -1.98. The van der Waals surface area contributed by atoms with E-state index in [2.05, 4.69) is 47.3 Å². The number of imidazole rings is 1. The molecule has 0 amide bonds. The lowest BCUT2D eigenvalue weighted by molar-refractivity contribution is 1.15. The van der Waals surface area contributed by atoms with Crippen LogP contribution in [0.15, 0.2) is 55.2 Å². The topological polar surface area (TPSA) is 68.0 Å².